The minimum Gasteiger partial charge on any atom is -0.465 e. The van der Waals surface area contributed by atoms with E-state index in [1.54, 1.807) is 30.3 Å². The van der Waals surface area contributed by atoms with Gasteiger partial charge >= 0.3 is 5.97 Å². The van der Waals surface area contributed by atoms with Crippen LogP contribution in [0.3, 0.4) is 0 Å². The molecule has 1 saturated carbocycles. The van der Waals surface area contributed by atoms with E-state index < -0.39 is 5.97 Å². The maximum absolute atomic E-state index is 13.1. The van der Waals surface area contributed by atoms with Gasteiger partial charge in [0.15, 0.2) is 0 Å². The van der Waals surface area contributed by atoms with Crippen LogP contribution in [0.25, 0.3) is 0 Å². The summed E-state index contributed by atoms with van der Waals surface area (Å²) in [5.41, 5.74) is 0.905. The molecule has 0 atom stereocenters. The molecule has 28 heavy (non-hydrogen) atoms. The Morgan fingerprint density at radius 2 is 1.89 bits per heavy atom. The SMILES string of the molecule is COC(=O)c1ccc(N(C(=O)CCC2CCCC2)c2ccc(Cl)c(Cl)c2)nc1. The molecule has 148 valence electrons. The first kappa shape index (κ1) is 20.6. The van der Waals surface area contributed by atoms with Crippen molar-refractivity contribution >= 4 is 46.6 Å². The van der Waals surface area contributed by atoms with Gasteiger partial charge in [-0.1, -0.05) is 48.9 Å². The monoisotopic (exact) mass is 420 g/mol. The Morgan fingerprint density at radius 1 is 1.14 bits per heavy atom. The average Bonchev–Trinajstić information content (AvgIpc) is 3.23. The van der Waals surface area contributed by atoms with E-state index in [4.69, 9.17) is 27.9 Å². The molecule has 0 saturated heterocycles. The Morgan fingerprint density at radius 3 is 2.50 bits per heavy atom. The quantitative estimate of drug-likeness (QED) is 0.553. The number of carbonyl (C=O) groups is 2. The van der Waals surface area contributed by atoms with Crippen LogP contribution in [-0.4, -0.2) is 24.0 Å². The number of hydrogen-bond donors (Lipinski definition) is 0. The number of methoxy groups -OCH3 is 1. The number of anilines is 2. The van der Waals surface area contributed by atoms with Gasteiger partial charge in [0.2, 0.25) is 5.91 Å². The molecule has 0 aliphatic heterocycles. The van der Waals surface area contributed by atoms with Gasteiger partial charge in [-0.2, -0.15) is 0 Å². The number of esters is 1. The number of rotatable bonds is 6. The molecule has 1 aliphatic rings. The highest BCUT2D eigenvalue weighted by molar-refractivity contribution is 6.42. The summed E-state index contributed by atoms with van der Waals surface area (Å²) in [4.78, 5) is 30.6. The highest BCUT2D eigenvalue weighted by atomic mass is 35.5. The second-order valence-electron chi connectivity index (χ2n) is 6.91. The molecule has 0 N–H and O–H groups in total. The summed E-state index contributed by atoms with van der Waals surface area (Å²) in [6.07, 6.45) is 7.54. The van der Waals surface area contributed by atoms with Gasteiger partial charge in [0.25, 0.3) is 0 Å². The van der Waals surface area contributed by atoms with Gasteiger partial charge in [-0.3, -0.25) is 9.69 Å². The Labute approximate surface area is 174 Å². The smallest absolute Gasteiger partial charge is 0.339 e. The van der Waals surface area contributed by atoms with E-state index in [0.29, 0.717) is 39.5 Å². The van der Waals surface area contributed by atoms with Gasteiger partial charge < -0.3 is 4.74 Å². The first-order valence-corrected chi connectivity index (χ1v) is 10.1. The predicted octanol–water partition coefficient (Wildman–Crippen LogP) is 5.81. The van der Waals surface area contributed by atoms with Crippen molar-refractivity contribution in [2.24, 2.45) is 5.92 Å². The van der Waals surface area contributed by atoms with Crippen LogP contribution in [0.5, 0.6) is 0 Å². The zero-order valence-electron chi connectivity index (χ0n) is 15.7. The third-order valence-electron chi connectivity index (χ3n) is 5.05. The third kappa shape index (κ3) is 4.83. The summed E-state index contributed by atoms with van der Waals surface area (Å²) in [7, 11) is 1.31. The third-order valence-corrected chi connectivity index (χ3v) is 5.79. The summed E-state index contributed by atoms with van der Waals surface area (Å²) < 4.78 is 4.70. The molecular weight excluding hydrogens is 399 g/mol. The molecule has 0 radical (unpaired) electrons. The average molecular weight is 421 g/mol. The van der Waals surface area contributed by atoms with Gasteiger partial charge in [-0.05, 0) is 42.7 Å². The Hall–Kier alpha value is -2.11. The van der Waals surface area contributed by atoms with Crippen molar-refractivity contribution in [2.45, 2.75) is 38.5 Å². The van der Waals surface area contributed by atoms with Crippen molar-refractivity contribution in [1.29, 1.82) is 0 Å². The Kier molecular flexibility index (Phi) is 6.92. The number of amides is 1. The first-order valence-electron chi connectivity index (χ1n) is 9.32. The van der Waals surface area contributed by atoms with Crippen molar-refractivity contribution in [3.8, 4) is 0 Å². The van der Waals surface area contributed by atoms with Gasteiger partial charge in [0.1, 0.15) is 5.82 Å². The van der Waals surface area contributed by atoms with Gasteiger partial charge in [0.05, 0.1) is 28.4 Å². The molecule has 1 aliphatic carbocycles. The minimum atomic E-state index is -0.479. The number of benzene rings is 1. The van der Waals surface area contributed by atoms with Crippen molar-refractivity contribution in [2.75, 3.05) is 12.0 Å². The van der Waals surface area contributed by atoms with E-state index in [9.17, 15) is 9.59 Å². The zero-order valence-corrected chi connectivity index (χ0v) is 17.2. The summed E-state index contributed by atoms with van der Waals surface area (Å²) in [5.74, 6) is 0.480. The predicted molar refractivity (Wildman–Crippen MR) is 110 cm³/mol. The fraction of sp³-hybridized carbons (Fsp3) is 0.381. The van der Waals surface area contributed by atoms with E-state index in [-0.39, 0.29) is 5.91 Å². The standard InChI is InChI=1S/C21H22Cl2N2O3/c1-28-21(27)15-7-10-19(24-13-15)25(16-8-9-17(22)18(23)12-16)20(26)11-6-14-4-2-3-5-14/h7-10,12-14H,2-6,11H2,1H3. The highest BCUT2D eigenvalue weighted by Gasteiger charge is 2.23. The molecule has 2 aromatic rings. The number of carbonyl (C=O) groups excluding carboxylic acids is 2. The minimum absolute atomic E-state index is 0.0661. The van der Waals surface area contributed by atoms with Crippen LogP contribution in [0.15, 0.2) is 36.5 Å². The van der Waals surface area contributed by atoms with Crippen LogP contribution < -0.4 is 4.90 Å². The van der Waals surface area contributed by atoms with Crippen molar-refractivity contribution in [3.63, 3.8) is 0 Å². The number of nitrogens with zero attached hydrogens (tertiary/aromatic N) is 2. The van der Waals surface area contributed by atoms with Crippen molar-refractivity contribution in [3.05, 3.63) is 52.1 Å². The van der Waals surface area contributed by atoms with Crippen LogP contribution in [-0.2, 0) is 9.53 Å². The van der Waals surface area contributed by atoms with Crippen molar-refractivity contribution < 1.29 is 14.3 Å². The molecule has 0 bridgehead atoms. The normalized spacial score (nSPS) is 14.1. The van der Waals surface area contributed by atoms with E-state index >= 15 is 0 Å². The Balaban J connectivity index is 1.87. The molecule has 5 nitrogen and oxygen atoms in total. The molecule has 7 heteroatoms. The lowest BCUT2D eigenvalue weighted by Crippen LogP contribution is -2.27. The maximum atomic E-state index is 13.1. The lowest BCUT2D eigenvalue weighted by molar-refractivity contribution is -0.118. The molecule has 0 spiro atoms. The number of ether oxygens (including phenoxy) is 1. The number of hydrogen-bond acceptors (Lipinski definition) is 4. The van der Waals surface area contributed by atoms with Crippen LogP contribution in [0, 0.1) is 5.92 Å². The molecule has 3 rings (SSSR count). The molecular formula is C21H22Cl2N2O3. The van der Waals surface area contributed by atoms with E-state index in [1.807, 2.05) is 0 Å². The number of aromatic nitrogens is 1. The largest absolute Gasteiger partial charge is 0.465 e. The zero-order chi connectivity index (χ0) is 20.1. The molecule has 1 heterocycles. The number of pyridine rings is 1. The fourth-order valence-electron chi connectivity index (χ4n) is 3.52. The molecule has 1 aromatic carbocycles. The second kappa shape index (κ2) is 9.39. The summed E-state index contributed by atoms with van der Waals surface area (Å²) >= 11 is 12.2. The molecule has 1 amide bonds. The highest BCUT2D eigenvalue weighted by Crippen LogP contribution is 2.33. The second-order valence-corrected chi connectivity index (χ2v) is 7.73. The fourth-order valence-corrected chi connectivity index (χ4v) is 3.82. The summed E-state index contributed by atoms with van der Waals surface area (Å²) in [5, 5.41) is 0.775. The van der Waals surface area contributed by atoms with Crippen LogP contribution in [0.2, 0.25) is 10.0 Å². The lowest BCUT2D eigenvalue weighted by atomic mass is 10.0. The summed E-state index contributed by atoms with van der Waals surface area (Å²) in [6.45, 7) is 0. The van der Waals surface area contributed by atoms with Crippen molar-refractivity contribution in [1.82, 2.24) is 4.98 Å². The first-order chi connectivity index (χ1) is 13.5. The summed E-state index contributed by atoms with van der Waals surface area (Å²) in [6, 6.07) is 8.25. The van der Waals surface area contributed by atoms with E-state index in [2.05, 4.69) is 4.98 Å². The van der Waals surface area contributed by atoms with E-state index in [1.165, 1.54) is 43.9 Å². The Bertz CT molecular complexity index is 849. The van der Waals surface area contributed by atoms with Crippen LogP contribution >= 0.6 is 23.2 Å². The maximum Gasteiger partial charge on any atom is 0.339 e. The molecule has 1 fully saturated rings. The van der Waals surface area contributed by atoms with Crippen LogP contribution in [0.1, 0.15) is 48.9 Å². The van der Waals surface area contributed by atoms with Gasteiger partial charge in [-0.25, -0.2) is 9.78 Å². The van der Waals surface area contributed by atoms with Gasteiger partial charge in [0, 0.05) is 12.6 Å². The van der Waals surface area contributed by atoms with Gasteiger partial charge in [-0.15, -0.1) is 0 Å². The van der Waals surface area contributed by atoms with Crippen LogP contribution in [0.4, 0.5) is 11.5 Å². The van der Waals surface area contributed by atoms with E-state index in [0.717, 1.165) is 6.42 Å². The number of halogens is 2. The topological polar surface area (TPSA) is 59.5 Å². The molecule has 1 aromatic heterocycles. The molecule has 0 unspecified atom stereocenters. The lowest BCUT2D eigenvalue weighted by Gasteiger charge is -2.23.